The summed E-state index contributed by atoms with van der Waals surface area (Å²) < 4.78 is 3.83. The second kappa shape index (κ2) is 6.97. The van der Waals surface area contributed by atoms with Crippen LogP contribution in [0.3, 0.4) is 0 Å². The zero-order valence-corrected chi connectivity index (χ0v) is 12.8. The lowest BCUT2D eigenvalue weighted by Gasteiger charge is -2.08. The molecule has 0 atom stereocenters. The van der Waals surface area contributed by atoms with Crippen LogP contribution in [-0.2, 0) is 6.42 Å². The first kappa shape index (κ1) is 15.2. The highest BCUT2D eigenvalue weighted by molar-refractivity contribution is 7.08. The number of amides is 1. The fourth-order valence-electron chi connectivity index (χ4n) is 1.81. The van der Waals surface area contributed by atoms with Crippen LogP contribution >= 0.6 is 11.5 Å². The first-order valence-corrected chi connectivity index (χ1v) is 7.35. The van der Waals surface area contributed by atoms with E-state index >= 15 is 0 Å². The second-order valence-electron chi connectivity index (χ2n) is 4.41. The summed E-state index contributed by atoms with van der Waals surface area (Å²) in [5.41, 5.74) is 8.57. The summed E-state index contributed by atoms with van der Waals surface area (Å²) in [6.45, 7) is 4.18. The molecule has 1 aromatic heterocycles. The van der Waals surface area contributed by atoms with E-state index in [0.29, 0.717) is 22.7 Å². The van der Waals surface area contributed by atoms with Gasteiger partial charge in [-0.05, 0) is 42.6 Å². The number of anilines is 1. The van der Waals surface area contributed by atoms with Gasteiger partial charge in [-0.15, -0.1) is 5.10 Å². The first-order chi connectivity index (χ1) is 10.2. The fourth-order valence-corrected chi connectivity index (χ4v) is 2.45. The average Bonchev–Trinajstić information content (AvgIpc) is 2.95. The topological polar surface area (TPSA) is 80.9 Å². The Morgan fingerprint density at radius 2 is 2.29 bits per heavy atom. The van der Waals surface area contributed by atoms with Crippen LogP contribution in [0.5, 0.6) is 0 Å². The van der Waals surface area contributed by atoms with Crippen LogP contribution in [0.2, 0.25) is 0 Å². The van der Waals surface area contributed by atoms with Crippen molar-refractivity contribution in [1.29, 1.82) is 0 Å². The van der Waals surface area contributed by atoms with Crippen molar-refractivity contribution in [3.05, 3.63) is 39.9 Å². The molecule has 0 saturated heterocycles. The minimum absolute atomic E-state index is 0.205. The Morgan fingerprint density at radius 3 is 3.00 bits per heavy atom. The zero-order chi connectivity index (χ0) is 15.2. The molecule has 21 heavy (non-hydrogen) atoms. The maximum Gasteiger partial charge on any atom is 0.269 e. The van der Waals surface area contributed by atoms with Gasteiger partial charge in [0.15, 0.2) is 0 Å². The lowest BCUT2D eigenvalue weighted by Crippen LogP contribution is -2.13. The van der Waals surface area contributed by atoms with Crippen LogP contribution in [0, 0.1) is 18.8 Å². The quantitative estimate of drug-likeness (QED) is 0.849. The molecule has 0 saturated carbocycles. The highest BCUT2D eigenvalue weighted by Crippen LogP contribution is 2.19. The number of nitrogens with one attached hydrogen (secondary N) is 1. The van der Waals surface area contributed by atoms with Crippen LogP contribution in [0.1, 0.15) is 33.4 Å². The minimum Gasteiger partial charge on any atom is -0.320 e. The summed E-state index contributed by atoms with van der Waals surface area (Å²) in [4.78, 5) is 12.9. The van der Waals surface area contributed by atoms with E-state index in [2.05, 4.69) is 26.7 Å². The molecular formula is C15H16N4OS. The van der Waals surface area contributed by atoms with Crippen LogP contribution in [0.25, 0.3) is 0 Å². The van der Waals surface area contributed by atoms with Gasteiger partial charge in [0.25, 0.3) is 5.91 Å². The number of nitrogens with two attached hydrogens (primary N) is 1. The van der Waals surface area contributed by atoms with Gasteiger partial charge < -0.3 is 11.1 Å². The molecule has 3 N–H and O–H groups in total. The summed E-state index contributed by atoms with van der Waals surface area (Å²) in [6.07, 6.45) is 0.674. The van der Waals surface area contributed by atoms with Crippen molar-refractivity contribution >= 4 is 23.1 Å². The second-order valence-corrected chi connectivity index (χ2v) is 5.17. The maximum absolute atomic E-state index is 12.3. The minimum atomic E-state index is -0.205. The molecular weight excluding hydrogens is 284 g/mol. The van der Waals surface area contributed by atoms with Crippen molar-refractivity contribution in [2.75, 3.05) is 11.9 Å². The normalized spacial score (nSPS) is 9.86. The number of carbonyl (C=O) groups excluding carboxylic acids is 1. The molecule has 6 heteroatoms. The number of aromatic nitrogens is 2. The van der Waals surface area contributed by atoms with Crippen molar-refractivity contribution in [3.8, 4) is 11.8 Å². The number of aryl methyl sites for hydroxylation is 2. The van der Waals surface area contributed by atoms with E-state index < -0.39 is 0 Å². The van der Waals surface area contributed by atoms with Crippen LogP contribution in [0.15, 0.2) is 18.2 Å². The standard InChI is InChI=1S/C15H16N4OS/c1-3-12-14(21-19-18-12)15(20)17-13-9-10(2)6-7-11(13)5-4-8-16/h6-7,9H,3,8,16H2,1-2H3,(H,17,20). The average molecular weight is 300 g/mol. The van der Waals surface area contributed by atoms with Gasteiger partial charge in [-0.25, -0.2) is 0 Å². The SMILES string of the molecule is CCc1nnsc1C(=O)Nc1cc(C)ccc1C#CCN. The zero-order valence-electron chi connectivity index (χ0n) is 11.9. The predicted octanol–water partition coefficient (Wildman–Crippen LogP) is 1.97. The van der Waals surface area contributed by atoms with Gasteiger partial charge in [-0.2, -0.15) is 0 Å². The monoisotopic (exact) mass is 300 g/mol. The van der Waals surface area contributed by atoms with Crippen molar-refractivity contribution in [3.63, 3.8) is 0 Å². The molecule has 1 heterocycles. The Labute approximate surface area is 127 Å². The van der Waals surface area contributed by atoms with E-state index in [1.54, 1.807) is 0 Å². The first-order valence-electron chi connectivity index (χ1n) is 6.57. The van der Waals surface area contributed by atoms with E-state index in [0.717, 1.165) is 22.7 Å². The van der Waals surface area contributed by atoms with Gasteiger partial charge >= 0.3 is 0 Å². The van der Waals surface area contributed by atoms with Gasteiger partial charge in [-0.3, -0.25) is 4.79 Å². The van der Waals surface area contributed by atoms with Crippen molar-refractivity contribution < 1.29 is 4.79 Å². The molecule has 0 unspecified atom stereocenters. The van der Waals surface area contributed by atoms with E-state index in [9.17, 15) is 4.79 Å². The number of hydrogen-bond acceptors (Lipinski definition) is 5. The van der Waals surface area contributed by atoms with Crippen LogP contribution in [-0.4, -0.2) is 22.0 Å². The largest absolute Gasteiger partial charge is 0.320 e. The molecule has 0 fully saturated rings. The number of carbonyl (C=O) groups is 1. The molecule has 0 aliphatic carbocycles. The molecule has 1 amide bonds. The third-order valence-electron chi connectivity index (χ3n) is 2.85. The molecule has 0 bridgehead atoms. The Bertz CT molecular complexity index is 712. The predicted molar refractivity (Wildman–Crippen MR) is 84.4 cm³/mol. The Morgan fingerprint density at radius 1 is 1.48 bits per heavy atom. The van der Waals surface area contributed by atoms with Gasteiger partial charge in [0.2, 0.25) is 0 Å². The summed E-state index contributed by atoms with van der Waals surface area (Å²) in [5, 5.41) is 6.84. The molecule has 2 rings (SSSR count). The molecule has 5 nitrogen and oxygen atoms in total. The highest BCUT2D eigenvalue weighted by atomic mass is 32.1. The van der Waals surface area contributed by atoms with E-state index in [-0.39, 0.29) is 12.5 Å². The highest BCUT2D eigenvalue weighted by Gasteiger charge is 2.16. The fraction of sp³-hybridized carbons (Fsp3) is 0.267. The van der Waals surface area contributed by atoms with Crippen molar-refractivity contribution in [2.45, 2.75) is 20.3 Å². The number of rotatable bonds is 3. The van der Waals surface area contributed by atoms with Gasteiger partial charge in [0, 0.05) is 5.56 Å². The molecule has 0 radical (unpaired) electrons. The lowest BCUT2D eigenvalue weighted by atomic mass is 10.1. The summed E-state index contributed by atoms with van der Waals surface area (Å²) in [7, 11) is 0. The Kier molecular flexibility index (Phi) is 5.04. The molecule has 0 spiro atoms. The third-order valence-corrected chi connectivity index (χ3v) is 3.61. The van der Waals surface area contributed by atoms with Gasteiger partial charge in [0.05, 0.1) is 17.9 Å². The molecule has 2 aromatic rings. The number of benzene rings is 1. The number of nitrogens with zero attached hydrogens (tertiary/aromatic N) is 2. The van der Waals surface area contributed by atoms with E-state index in [1.165, 1.54) is 0 Å². The molecule has 0 aliphatic heterocycles. The summed E-state index contributed by atoms with van der Waals surface area (Å²) in [5.74, 6) is 5.56. The van der Waals surface area contributed by atoms with Crippen LogP contribution < -0.4 is 11.1 Å². The van der Waals surface area contributed by atoms with Crippen LogP contribution in [0.4, 0.5) is 5.69 Å². The van der Waals surface area contributed by atoms with Gasteiger partial charge in [0.1, 0.15) is 4.88 Å². The van der Waals surface area contributed by atoms with Crippen molar-refractivity contribution in [2.24, 2.45) is 5.73 Å². The lowest BCUT2D eigenvalue weighted by molar-refractivity contribution is 0.102. The Balaban J connectivity index is 2.30. The summed E-state index contributed by atoms with van der Waals surface area (Å²) >= 11 is 1.10. The third kappa shape index (κ3) is 3.66. The van der Waals surface area contributed by atoms with E-state index in [4.69, 9.17) is 5.73 Å². The van der Waals surface area contributed by atoms with Gasteiger partial charge in [-0.1, -0.05) is 29.3 Å². The van der Waals surface area contributed by atoms with Crippen molar-refractivity contribution in [1.82, 2.24) is 9.59 Å². The maximum atomic E-state index is 12.3. The smallest absolute Gasteiger partial charge is 0.269 e. The summed E-state index contributed by atoms with van der Waals surface area (Å²) in [6, 6.07) is 5.71. The molecule has 108 valence electrons. The molecule has 0 aliphatic rings. The van der Waals surface area contributed by atoms with E-state index in [1.807, 2.05) is 32.0 Å². The number of hydrogen-bond donors (Lipinski definition) is 2. The molecule has 1 aromatic carbocycles. The Hall–Kier alpha value is -2.23.